The molecule has 0 amide bonds. The van der Waals surface area contributed by atoms with Crippen LogP contribution in [0.1, 0.15) is 33.1 Å². The third-order valence-electron chi connectivity index (χ3n) is 1.85. The van der Waals surface area contributed by atoms with E-state index in [4.69, 9.17) is 0 Å². The Morgan fingerprint density at radius 2 is 1.82 bits per heavy atom. The minimum absolute atomic E-state index is 1.15. The quantitative estimate of drug-likeness (QED) is 0.473. The third kappa shape index (κ3) is 6.82. The Labute approximate surface area is 79.3 Å². The van der Waals surface area contributed by atoms with Crippen molar-refractivity contribution in [1.82, 2.24) is 4.90 Å². The maximum absolute atomic E-state index is 3.44. The van der Waals surface area contributed by atoms with Gasteiger partial charge in [-0.3, -0.25) is 0 Å². The summed E-state index contributed by atoms with van der Waals surface area (Å²) in [4.78, 5) is 2.52. The van der Waals surface area contributed by atoms with E-state index >= 15 is 0 Å². The van der Waals surface area contributed by atoms with Crippen LogP contribution in [-0.4, -0.2) is 29.9 Å². The summed E-state index contributed by atoms with van der Waals surface area (Å²) in [6, 6.07) is 0. The monoisotopic (exact) mass is 221 g/mol. The second kappa shape index (κ2) is 8.54. The van der Waals surface area contributed by atoms with E-state index in [1.807, 2.05) is 0 Å². The molecule has 1 nitrogen and oxygen atoms in total. The van der Waals surface area contributed by atoms with Gasteiger partial charge in [-0.2, -0.15) is 0 Å². The van der Waals surface area contributed by atoms with Crippen molar-refractivity contribution < 1.29 is 0 Å². The molecule has 0 fully saturated rings. The van der Waals surface area contributed by atoms with Crippen molar-refractivity contribution in [3.63, 3.8) is 0 Å². The summed E-state index contributed by atoms with van der Waals surface area (Å²) in [7, 11) is 0. The topological polar surface area (TPSA) is 3.24 Å². The SMILES string of the molecule is CCCN(CC)CCCCBr. The van der Waals surface area contributed by atoms with Crippen LogP contribution in [-0.2, 0) is 0 Å². The van der Waals surface area contributed by atoms with Gasteiger partial charge in [0, 0.05) is 5.33 Å². The van der Waals surface area contributed by atoms with Gasteiger partial charge in [-0.25, -0.2) is 0 Å². The van der Waals surface area contributed by atoms with Gasteiger partial charge in [-0.05, 0) is 38.9 Å². The Morgan fingerprint density at radius 1 is 1.09 bits per heavy atom. The molecule has 0 saturated carbocycles. The molecule has 0 bridgehead atoms. The third-order valence-corrected chi connectivity index (χ3v) is 2.41. The second-order valence-corrected chi connectivity index (χ2v) is 3.62. The molecule has 0 aromatic carbocycles. The molecule has 0 aliphatic heterocycles. The van der Waals surface area contributed by atoms with Crippen LogP contribution in [0.5, 0.6) is 0 Å². The first kappa shape index (κ1) is 11.4. The fraction of sp³-hybridized carbons (Fsp3) is 1.00. The van der Waals surface area contributed by atoms with Crippen molar-refractivity contribution in [3.8, 4) is 0 Å². The normalized spacial score (nSPS) is 10.9. The molecular weight excluding hydrogens is 202 g/mol. The van der Waals surface area contributed by atoms with Crippen LogP contribution in [0, 0.1) is 0 Å². The average molecular weight is 222 g/mol. The molecule has 0 unspecified atom stereocenters. The lowest BCUT2D eigenvalue weighted by Gasteiger charge is -2.18. The van der Waals surface area contributed by atoms with Gasteiger partial charge < -0.3 is 4.90 Å². The molecule has 0 atom stereocenters. The summed E-state index contributed by atoms with van der Waals surface area (Å²) in [6.45, 7) is 8.22. The molecular formula is C9H20BrN. The first-order valence-electron chi connectivity index (χ1n) is 4.63. The van der Waals surface area contributed by atoms with E-state index in [-0.39, 0.29) is 0 Å². The van der Waals surface area contributed by atoms with E-state index in [0.717, 1.165) is 5.33 Å². The molecule has 0 aliphatic carbocycles. The van der Waals surface area contributed by atoms with Gasteiger partial charge in [-0.15, -0.1) is 0 Å². The van der Waals surface area contributed by atoms with Gasteiger partial charge >= 0.3 is 0 Å². The Morgan fingerprint density at radius 3 is 2.27 bits per heavy atom. The van der Waals surface area contributed by atoms with E-state index < -0.39 is 0 Å². The Hall–Kier alpha value is 0.440. The standard InChI is InChI=1S/C9H20BrN/c1-3-8-11(4-2)9-6-5-7-10/h3-9H2,1-2H3. The number of unbranched alkanes of at least 4 members (excludes halogenated alkanes) is 1. The highest BCUT2D eigenvalue weighted by atomic mass is 79.9. The van der Waals surface area contributed by atoms with Gasteiger partial charge in [0.25, 0.3) is 0 Å². The van der Waals surface area contributed by atoms with Crippen LogP contribution >= 0.6 is 15.9 Å². The zero-order chi connectivity index (χ0) is 8.53. The van der Waals surface area contributed by atoms with E-state index in [1.54, 1.807) is 0 Å². The predicted molar refractivity (Wildman–Crippen MR) is 55.4 cm³/mol. The number of hydrogen-bond donors (Lipinski definition) is 0. The fourth-order valence-corrected chi connectivity index (χ4v) is 1.57. The predicted octanol–water partition coefficient (Wildman–Crippen LogP) is 2.89. The molecule has 0 aromatic heterocycles. The minimum atomic E-state index is 1.15. The molecule has 0 N–H and O–H groups in total. The molecule has 68 valence electrons. The van der Waals surface area contributed by atoms with Gasteiger partial charge in [0.1, 0.15) is 0 Å². The maximum Gasteiger partial charge on any atom is 0.00317 e. The van der Waals surface area contributed by atoms with Crippen molar-refractivity contribution in [2.45, 2.75) is 33.1 Å². The zero-order valence-electron chi connectivity index (χ0n) is 7.77. The van der Waals surface area contributed by atoms with Gasteiger partial charge in [0.15, 0.2) is 0 Å². The molecule has 2 heteroatoms. The molecule has 0 heterocycles. The minimum Gasteiger partial charge on any atom is -0.304 e. The molecule has 0 aliphatic rings. The summed E-state index contributed by atoms with van der Waals surface area (Å²) in [5.41, 5.74) is 0. The van der Waals surface area contributed by atoms with Crippen LogP contribution in [0.4, 0.5) is 0 Å². The summed E-state index contributed by atoms with van der Waals surface area (Å²) in [6.07, 6.45) is 3.92. The van der Waals surface area contributed by atoms with Crippen molar-refractivity contribution in [2.75, 3.05) is 25.0 Å². The van der Waals surface area contributed by atoms with Crippen molar-refractivity contribution in [3.05, 3.63) is 0 Å². The lowest BCUT2D eigenvalue weighted by atomic mass is 10.3. The summed E-state index contributed by atoms with van der Waals surface area (Å²) >= 11 is 3.44. The highest BCUT2D eigenvalue weighted by Crippen LogP contribution is 1.98. The molecule has 0 saturated heterocycles. The first-order valence-corrected chi connectivity index (χ1v) is 5.75. The number of rotatable bonds is 7. The maximum atomic E-state index is 3.44. The number of nitrogens with zero attached hydrogens (tertiary/aromatic N) is 1. The Kier molecular flexibility index (Phi) is 8.88. The Bertz CT molecular complexity index is 76.0. The molecule has 0 rings (SSSR count). The number of hydrogen-bond acceptors (Lipinski definition) is 1. The van der Waals surface area contributed by atoms with Crippen molar-refractivity contribution in [1.29, 1.82) is 0 Å². The fourth-order valence-electron chi connectivity index (χ4n) is 1.17. The molecule has 11 heavy (non-hydrogen) atoms. The first-order chi connectivity index (χ1) is 5.35. The van der Waals surface area contributed by atoms with Gasteiger partial charge in [-0.1, -0.05) is 29.8 Å². The highest BCUT2D eigenvalue weighted by molar-refractivity contribution is 9.09. The van der Waals surface area contributed by atoms with Crippen LogP contribution < -0.4 is 0 Å². The molecule has 0 spiro atoms. The molecule has 0 radical (unpaired) electrons. The van der Waals surface area contributed by atoms with Crippen molar-refractivity contribution in [2.24, 2.45) is 0 Å². The molecule has 0 aromatic rings. The van der Waals surface area contributed by atoms with E-state index in [9.17, 15) is 0 Å². The van der Waals surface area contributed by atoms with Crippen LogP contribution in [0.3, 0.4) is 0 Å². The number of alkyl halides is 1. The second-order valence-electron chi connectivity index (χ2n) is 2.83. The largest absolute Gasteiger partial charge is 0.304 e. The Balaban J connectivity index is 3.20. The van der Waals surface area contributed by atoms with Crippen molar-refractivity contribution >= 4 is 15.9 Å². The lowest BCUT2D eigenvalue weighted by molar-refractivity contribution is 0.284. The van der Waals surface area contributed by atoms with E-state index in [1.165, 1.54) is 38.9 Å². The zero-order valence-corrected chi connectivity index (χ0v) is 9.36. The lowest BCUT2D eigenvalue weighted by Crippen LogP contribution is -2.25. The smallest absolute Gasteiger partial charge is 0.00317 e. The van der Waals surface area contributed by atoms with Crippen LogP contribution in [0.15, 0.2) is 0 Å². The summed E-state index contributed by atoms with van der Waals surface area (Å²) < 4.78 is 0. The van der Waals surface area contributed by atoms with Gasteiger partial charge in [0.2, 0.25) is 0 Å². The van der Waals surface area contributed by atoms with Gasteiger partial charge in [0.05, 0.1) is 0 Å². The van der Waals surface area contributed by atoms with E-state index in [2.05, 4.69) is 34.7 Å². The van der Waals surface area contributed by atoms with Crippen LogP contribution in [0.25, 0.3) is 0 Å². The highest BCUT2D eigenvalue weighted by Gasteiger charge is 1.98. The van der Waals surface area contributed by atoms with E-state index in [0.29, 0.717) is 0 Å². The van der Waals surface area contributed by atoms with Crippen LogP contribution in [0.2, 0.25) is 0 Å². The summed E-state index contributed by atoms with van der Waals surface area (Å²) in [5.74, 6) is 0. The number of halogens is 1. The average Bonchev–Trinajstić information content (AvgIpc) is 2.03. The summed E-state index contributed by atoms with van der Waals surface area (Å²) in [5, 5.41) is 1.15.